The highest BCUT2D eigenvalue weighted by molar-refractivity contribution is 5.94. The van der Waals surface area contributed by atoms with Crippen molar-refractivity contribution >= 4 is 23.3 Å². The van der Waals surface area contributed by atoms with Gasteiger partial charge < -0.3 is 10.1 Å². The van der Waals surface area contributed by atoms with Crippen LogP contribution in [0.25, 0.3) is 0 Å². The van der Waals surface area contributed by atoms with E-state index in [0.29, 0.717) is 0 Å². The molecule has 0 saturated carbocycles. The van der Waals surface area contributed by atoms with Gasteiger partial charge in [-0.05, 0) is 6.07 Å². The van der Waals surface area contributed by atoms with Crippen LogP contribution in [-0.4, -0.2) is 16.8 Å². The molecular formula is C10H10N2O5. The van der Waals surface area contributed by atoms with E-state index in [0.717, 1.165) is 6.92 Å². The lowest BCUT2D eigenvalue weighted by Crippen LogP contribution is -2.11. The first-order valence-corrected chi connectivity index (χ1v) is 4.65. The monoisotopic (exact) mass is 238 g/mol. The molecule has 1 amide bonds. The number of rotatable bonds is 3. The number of benzene rings is 1. The number of nitrogens with zero attached hydrogens (tertiary/aromatic N) is 1. The highest BCUT2D eigenvalue weighted by Gasteiger charge is 2.20. The van der Waals surface area contributed by atoms with Gasteiger partial charge in [-0.15, -0.1) is 0 Å². The van der Waals surface area contributed by atoms with Crippen LogP contribution in [-0.2, 0) is 9.59 Å². The Morgan fingerprint density at radius 3 is 2.47 bits per heavy atom. The lowest BCUT2D eigenvalue weighted by Gasteiger charge is -2.09. The van der Waals surface area contributed by atoms with Crippen molar-refractivity contribution in [3.8, 4) is 5.75 Å². The summed E-state index contributed by atoms with van der Waals surface area (Å²) in [7, 11) is 0. The van der Waals surface area contributed by atoms with E-state index in [9.17, 15) is 19.7 Å². The SMILES string of the molecule is CC(=O)Nc1c(OC(C)=O)cccc1[N+](=O)[O-]. The molecule has 0 radical (unpaired) electrons. The van der Waals surface area contributed by atoms with Crippen molar-refractivity contribution < 1.29 is 19.2 Å². The normalized spacial score (nSPS) is 9.53. The minimum absolute atomic E-state index is 0.0538. The minimum Gasteiger partial charge on any atom is -0.424 e. The van der Waals surface area contributed by atoms with Crippen LogP contribution in [0, 0.1) is 10.1 Å². The van der Waals surface area contributed by atoms with E-state index in [-0.39, 0.29) is 17.1 Å². The first-order chi connectivity index (χ1) is 7.91. The molecule has 1 N–H and O–H groups in total. The number of hydrogen-bond donors (Lipinski definition) is 1. The van der Waals surface area contributed by atoms with Gasteiger partial charge in [0.15, 0.2) is 11.4 Å². The molecule has 0 aliphatic carbocycles. The Morgan fingerprint density at radius 1 is 1.35 bits per heavy atom. The summed E-state index contributed by atoms with van der Waals surface area (Å²) < 4.78 is 4.78. The van der Waals surface area contributed by atoms with Gasteiger partial charge in [0.1, 0.15) is 0 Å². The van der Waals surface area contributed by atoms with Crippen LogP contribution in [0.1, 0.15) is 13.8 Å². The number of nitro benzene ring substituents is 1. The number of esters is 1. The number of nitro groups is 1. The molecule has 1 aromatic rings. The van der Waals surface area contributed by atoms with Crippen LogP contribution in [0.5, 0.6) is 5.75 Å². The number of hydrogen-bond acceptors (Lipinski definition) is 5. The van der Waals surface area contributed by atoms with Crippen molar-refractivity contribution in [1.82, 2.24) is 0 Å². The fraction of sp³-hybridized carbons (Fsp3) is 0.200. The summed E-state index contributed by atoms with van der Waals surface area (Å²) in [5.74, 6) is -1.17. The van der Waals surface area contributed by atoms with Gasteiger partial charge in [0.25, 0.3) is 5.69 Å². The van der Waals surface area contributed by atoms with Gasteiger partial charge in [0.2, 0.25) is 5.91 Å². The van der Waals surface area contributed by atoms with Crippen molar-refractivity contribution in [3.63, 3.8) is 0 Å². The van der Waals surface area contributed by atoms with Crippen LogP contribution in [0.3, 0.4) is 0 Å². The molecule has 17 heavy (non-hydrogen) atoms. The number of carbonyl (C=O) groups excluding carboxylic acids is 2. The average Bonchev–Trinajstić information content (AvgIpc) is 2.18. The molecule has 0 aliphatic heterocycles. The smallest absolute Gasteiger partial charge is 0.308 e. The first-order valence-electron chi connectivity index (χ1n) is 4.65. The minimum atomic E-state index is -0.668. The maximum atomic E-state index is 11.0. The van der Waals surface area contributed by atoms with Crippen LogP contribution < -0.4 is 10.1 Å². The van der Waals surface area contributed by atoms with Crippen molar-refractivity contribution in [1.29, 1.82) is 0 Å². The van der Waals surface area contributed by atoms with Gasteiger partial charge >= 0.3 is 5.97 Å². The maximum Gasteiger partial charge on any atom is 0.308 e. The van der Waals surface area contributed by atoms with Crippen molar-refractivity contribution in [2.24, 2.45) is 0 Å². The third-order valence-electron chi connectivity index (χ3n) is 1.76. The molecule has 0 aliphatic rings. The van der Waals surface area contributed by atoms with Crippen LogP contribution in [0.2, 0.25) is 0 Å². The molecule has 0 unspecified atom stereocenters. The number of para-hydroxylation sites is 1. The predicted octanol–water partition coefficient (Wildman–Crippen LogP) is 1.48. The fourth-order valence-electron chi connectivity index (χ4n) is 1.21. The van der Waals surface area contributed by atoms with Gasteiger partial charge in [-0.1, -0.05) is 6.07 Å². The van der Waals surface area contributed by atoms with E-state index in [1.807, 2.05) is 0 Å². The third kappa shape index (κ3) is 3.26. The molecule has 0 bridgehead atoms. The van der Waals surface area contributed by atoms with Gasteiger partial charge in [-0.25, -0.2) is 0 Å². The summed E-state index contributed by atoms with van der Waals surface area (Å²) in [6.45, 7) is 2.37. The van der Waals surface area contributed by atoms with Crippen molar-refractivity contribution in [2.45, 2.75) is 13.8 Å². The van der Waals surface area contributed by atoms with E-state index in [1.54, 1.807) is 0 Å². The number of ether oxygens (including phenoxy) is 1. The Bertz CT molecular complexity index is 484. The molecule has 0 spiro atoms. The summed E-state index contributed by atoms with van der Waals surface area (Å²) in [6, 6.07) is 3.93. The van der Waals surface area contributed by atoms with E-state index in [1.165, 1.54) is 25.1 Å². The van der Waals surface area contributed by atoms with Crippen LogP contribution in [0.4, 0.5) is 11.4 Å². The number of anilines is 1. The molecule has 7 heteroatoms. The standard InChI is InChI=1S/C10H10N2O5/c1-6(13)11-10-8(12(15)16)4-3-5-9(10)17-7(2)14/h3-5H,1-2H3,(H,11,13). The predicted molar refractivity (Wildman–Crippen MR) is 58.7 cm³/mol. The third-order valence-corrected chi connectivity index (χ3v) is 1.76. The molecule has 1 rings (SSSR count). The van der Waals surface area contributed by atoms with E-state index < -0.39 is 16.8 Å². The zero-order valence-corrected chi connectivity index (χ0v) is 9.22. The highest BCUT2D eigenvalue weighted by Crippen LogP contribution is 2.34. The molecule has 0 fully saturated rings. The highest BCUT2D eigenvalue weighted by atomic mass is 16.6. The fourth-order valence-corrected chi connectivity index (χ4v) is 1.21. The zero-order chi connectivity index (χ0) is 13.0. The Morgan fingerprint density at radius 2 is 2.00 bits per heavy atom. The second kappa shape index (κ2) is 5.06. The van der Waals surface area contributed by atoms with Crippen molar-refractivity contribution in [2.75, 3.05) is 5.32 Å². The van der Waals surface area contributed by atoms with E-state index in [2.05, 4.69) is 5.32 Å². The lowest BCUT2D eigenvalue weighted by molar-refractivity contribution is -0.384. The Balaban J connectivity index is 3.28. The lowest BCUT2D eigenvalue weighted by atomic mass is 10.2. The Hall–Kier alpha value is -2.44. The van der Waals surface area contributed by atoms with E-state index in [4.69, 9.17) is 4.74 Å². The maximum absolute atomic E-state index is 11.0. The molecule has 7 nitrogen and oxygen atoms in total. The molecule has 1 aromatic carbocycles. The second-order valence-corrected chi connectivity index (χ2v) is 3.18. The van der Waals surface area contributed by atoms with Crippen LogP contribution >= 0.6 is 0 Å². The average molecular weight is 238 g/mol. The molecular weight excluding hydrogens is 228 g/mol. The molecule has 0 saturated heterocycles. The Labute approximate surface area is 96.5 Å². The Kier molecular flexibility index (Phi) is 3.76. The molecule has 0 atom stereocenters. The number of carbonyl (C=O) groups is 2. The zero-order valence-electron chi connectivity index (χ0n) is 9.22. The second-order valence-electron chi connectivity index (χ2n) is 3.18. The summed E-state index contributed by atoms with van der Waals surface area (Å²) in [4.78, 5) is 31.9. The van der Waals surface area contributed by atoms with Crippen LogP contribution in [0.15, 0.2) is 18.2 Å². The van der Waals surface area contributed by atoms with Gasteiger partial charge in [0.05, 0.1) is 4.92 Å². The molecule has 90 valence electrons. The largest absolute Gasteiger partial charge is 0.424 e. The van der Waals surface area contributed by atoms with Gasteiger partial charge in [0, 0.05) is 19.9 Å². The van der Waals surface area contributed by atoms with Gasteiger partial charge in [-0.2, -0.15) is 0 Å². The van der Waals surface area contributed by atoms with E-state index >= 15 is 0 Å². The summed E-state index contributed by atoms with van der Waals surface area (Å²) in [5.41, 5.74) is -0.459. The van der Waals surface area contributed by atoms with Gasteiger partial charge in [-0.3, -0.25) is 19.7 Å². The van der Waals surface area contributed by atoms with Crippen molar-refractivity contribution in [3.05, 3.63) is 28.3 Å². The number of nitrogens with one attached hydrogen (secondary N) is 1. The summed E-state index contributed by atoms with van der Waals surface area (Å²) in [5, 5.41) is 13.0. The number of amides is 1. The first kappa shape index (κ1) is 12.6. The molecule has 0 aromatic heterocycles. The quantitative estimate of drug-likeness (QED) is 0.372. The summed E-state index contributed by atoms with van der Waals surface area (Å²) in [6.07, 6.45) is 0. The topological polar surface area (TPSA) is 98.5 Å². The molecule has 0 heterocycles. The summed E-state index contributed by atoms with van der Waals surface area (Å²) >= 11 is 0.